The lowest BCUT2D eigenvalue weighted by molar-refractivity contribution is 0.0538. The molecule has 0 aromatic heterocycles. The van der Waals surface area contributed by atoms with Gasteiger partial charge in [0, 0.05) is 18.2 Å². The molecule has 4 nitrogen and oxygen atoms in total. The number of benzene rings is 1. The van der Waals surface area contributed by atoms with E-state index in [1.54, 1.807) is 21.1 Å². The Kier molecular flexibility index (Phi) is 4.38. The van der Waals surface area contributed by atoms with Crippen molar-refractivity contribution in [2.75, 3.05) is 20.8 Å². The summed E-state index contributed by atoms with van der Waals surface area (Å²) in [5.74, 6) is 1.30. The molecule has 0 aliphatic heterocycles. The van der Waals surface area contributed by atoms with Crippen LogP contribution in [0.15, 0.2) is 16.6 Å². The Bertz CT molecular complexity index is 458. The van der Waals surface area contributed by atoms with E-state index >= 15 is 0 Å². The van der Waals surface area contributed by atoms with Crippen LogP contribution < -0.4 is 14.8 Å². The van der Waals surface area contributed by atoms with Crippen molar-refractivity contribution < 1.29 is 14.6 Å². The van der Waals surface area contributed by atoms with Gasteiger partial charge in [0.2, 0.25) is 0 Å². The first-order valence-corrected chi connectivity index (χ1v) is 7.15. The van der Waals surface area contributed by atoms with Crippen molar-refractivity contribution in [2.45, 2.75) is 31.4 Å². The lowest BCUT2D eigenvalue weighted by Gasteiger charge is -2.27. The second-order valence-corrected chi connectivity index (χ2v) is 5.88. The monoisotopic (exact) mass is 329 g/mol. The third-order valence-electron chi connectivity index (χ3n) is 3.38. The molecule has 5 heteroatoms. The Balaban J connectivity index is 2.28. The van der Waals surface area contributed by atoms with Gasteiger partial charge in [-0.1, -0.05) is 0 Å². The number of aliphatic hydroxyl groups is 1. The van der Waals surface area contributed by atoms with Gasteiger partial charge in [0.05, 0.1) is 14.2 Å². The number of nitrogens with one attached hydrogen (secondary N) is 1. The van der Waals surface area contributed by atoms with E-state index in [4.69, 9.17) is 9.47 Å². The maximum atomic E-state index is 10.7. The molecule has 1 atom stereocenters. The van der Waals surface area contributed by atoms with Crippen molar-refractivity contribution in [1.29, 1.82) is 0 Å². The minimum atomic E-state index is -0.983. The van der Waals surface area contributed by atoms with Gasteiger partial charge in [0.15, 0.2) is 0 Å². The molecular formula is C14H20BrNO3. The highest BCUT2D eigenvalue weighted by atomic mass is 79.9. The molecule has 1 aromatic rings. The molecule has 2 N–H and O–H groups in total. The molecule has 1 unspecified atom stereocenters. The summed E-state index contributed by atoms with van der Waals surface area (Å²) in [6, 6.07) is 4.23. The predicted molar refractivity (Wildman–Crippen MR) is 77.8 cm³/mol. The van der Waals surface area contributed by atoms with E-state index in [0.717, 1.165) is 10.0 Å². The molecule has 1 fully saturated rings. The minimum absolute atomic E-state index is 0.507. The van der Waals surface area contributed by atoms with Crippen LogP contribution in [-0.2, 0) is 5.60 Å². The van der Waals surface area contributed by atoms with Crippen LogP contribution in [0.25, 0.3) is 0 Å². The fraction of sp³-hybridized carbons (Fsp3) is 0.571. The van der Waals surface area contributed by atoms with E-state index < -0.39 is 5.60 Å². The SMILES string of the molecule is COc1ccc(C(C)(O)CNC2CC2)c(OC)c1Br. The molecule has 0 spiro atoms. The van der Waals surface area contributed by atoms with Gasteiger partial charge in [-0.2, -0.15) is 0 Å². The van der Waals surface area contributed by atoms with Gasteiger partial charge in [-0.25, -0.2) is 0 Å². The Morgan fingerprint density at radius 3 is 2.58 bits per heavy atom. The zero-order chi connectivity index (χ0) is 14.0. The summed E-state index contributed by atoms with van der Waals surface area (Å²) in [4.78, 5) is 0. The molecule has 0 bridgehead atoms. The second-order valence-electron chi connectivity index (χ2n) is 5.09. The first-order valence-electron chi connectivity index (χ1n) is 6.36. The first-order chi connectivity index (χ1) is 8.99. The average molecular weight is 330 g/mol. The third-order valence-corrected chi connectivity index (χ3v) is 4.13. The number of rotatable bonds is 6. The van der Waals surface area contributed by atoms with Crippen molar-refractivity contribution in [3.63, 3.8) is 0 Å². The number of ether oxygens (including phenoxy) is 2. The number of methoxy groups -OCH3 is 2. The van der Waals surface area contributed by atoms with Crippen molar-refractivity contribution in [3.8, 4) is 11.5 Å². The van der Waals surface area contributed by atoms with Crippen LogP contribution in [0.4, 0.5) is 0 Å². The normalized spacial score (nSPS) is 17.9. The van der Waals surface area contributed by atoms with Gasteiger partial charge in [-0.05, 0) is 47.8 Å². The van der Waals surface area contributed by atoms with Gasteiger partial charge in [0.1, 0.15) is 21.6 Å². The smallest absolute Gasteiger partial charge is 0.142 e. The highest BCUT2D eigenvalue weighted by Crippen LogP contribution is 2.41. The average Bonchev–Trinajstić information content (AvgIpc) is 3.20. The molecule has 1 aliphatic rings. The van der Waals surface area contributed by atoms with Crippen LogP contribution in [0.3, 0.4) is 0 Å². The van der Waals surface area contributed by atoms with Crippen LogP contribution >= 0.6 is 15.9 Å². The van der Waals surface area contributed by atoms with E-state index in [-0.39, 0.29) is 0 Å². The maximum Gasteiger partial charge on any atom is 0.142 e. The highest BCUT2D eigenvalue weighted by Gasteiger charge is 2.31. The van der Waals surface area contributed by atoms with E-state index in [2.05, 4.69) is 21.2 Å². The summed E-state index contributed by atoms with van der Waals surface area (Å²) in [6.45, 7) is 2.30. The fourth-order valence-corrected chi connectivity index (χ4v) is 2.71. The van der Waals surface area contributed by atoms with Crippen LogP contribution in [0, 0.1) is 0 Å². The van der Waals surface area contributed by atoms with Crippen molar-refractivity contribution >= 4 is 15.9 Å². The predicted octanol–water partition coefficient (Wildman–Crippen LogP) is 2.43. The fourth-order valence-electron chi connectivity index (χ4n) is 2.05. The van der Waals surface area contributed by atoms with Gasteiger partial charge in [-0.15, -0.1) is 0 Å². The largest absolute Gasteiger partial charge is 0.495 e. The summed E-state index contributed by atoms with van der Waals surface area (Å²) in [6.07, 6.45) is 2.39. The summed E-state index contributed by atoms with van der Waals surface area (Å²) < 4.78 is 11.4. The summed E-state index contributed by atoms with van der Waals surface area (Å²) in [5.41, 5.74) is -0.237. The highest BCUT2D eigenvalue weighted by molar-refractivity contribution is 9.10. The van der Waals surface area contributed by atoms with E-state index in [1.807, 2.05) is 12.1 Å². The molecule has 1 aliphatic carbocycles. The standard InChI is InChI=1S/C14H20BrNO3/c1-14(17,8-16-9-4-5-9)10-6-7-11(18-2)12(15)13(10)19-3/h6-7,9,16-17H,4-5,8H2,1-3H3. The van der Waals surface area contributed by atoms with E-state index in [9.17, 15) is 5.11 Å². The van der Waals surface area contributed by atoms with Gasteiger partial charge < -0.3 is 19.9 Å². The Hall–Kier alpha value is -0.780. The first kappa shape index (κ1) is 14.6. The zero-order valence-electron chi connectivity index (χ0n) is 11.5. The van der Waals surface area contributed by atoms with Crippen LogP contribution in [-0.4, -0.2) is 31.9 Å². The summed E-state index contributed by atoms with van der Waals surface area (Å²) in [7, 11) is 3.19. The zero-order valence-corrected chi connectivity index (χ0v) is 13.1. The number of hydrogen-bond acceptors (Lipinski definition) is 4. The van der Waals surface area contributed by atoms with Crippen LogP contribution in [0.2, 0.25) is 0 Å². The Morgan fingerprint density at radius 1 is 1.37 bits per heavy atom. The lowest BCUT2D eigenvalue weighted by atomic mass is 9.94. The number of halogens is 1. The Morgan fingerprint density at radius 2 is 2.05 bits per heavy atom. The summed E-state index contributed by atoms with van der Waals surface area (Å²) >= 11 is 3.46. The molecule has 0 heterocycles. The molecule has 0 saturated heterocycles. The molecule has 19 heavy (non-hydrogen) atoms. The molecule has 1 aromatic carbocycles. The maximum absolute atomic E-state index is 10.7. The molecule has 1 saturated carbocycles. The minimum Gasteiger partial charge on any atom is -0.495 e. The van der Waals surface area contributed by atoms with Gasteiger partial charge >= 0.3 is 0 Å². The second kappa shape index (κ2) is 5.69. The van der Waals surface area contributed by atoms with Crippen molar-refractivity contribution in [2.24, 2.45) is 0 Å². The molecule has 0 radical (unpaired) electrons. The topological polar surface area (TPSA) is 50.7 Å². The van der Waals surface area contributed by atoms with Crippen molar-refractivity contribution in [1.82, 2.24) is 5.32 Å². The summed E-state index contributed by atoms with van der Waals surface area (Å²) in [5, 5.41) is 14.0. The van der Waals surface area contributed by atoms with Gasteiger partial charge in [-0.3, -0.25) is 0 Å². The lowest BCUT2D eigenvalue weighted by Crippen LogP contribution is -2.36. The van der Waals surface area contributed by atoms with Gasteiger partial charge in [0.25, 0.3) is 0 Å². The van der Waals surface area contributed by atoms with Crippen molar-refractivity contribution in [3.05, 3.63) is 22.2 Å². The molecule has 0 amide bonds. The van der Waals surface area contributed by atoms with Crippen LogP contribution in [0.5, 0.6) is 11.5 Å². The molecular weight excluding hydrogens is 310 g/mol. The quantitative estimate of drug-likeness (QED) is 0.841. The molecule has 2 rings (SSSR count). The van der Waals surface area contributed by atoms with Crippen LogP contribution in [0.1, 0.15) is 25.3 Å². The third kappa shape index (κ3) is 3.22. The Labute approximate surface area is 122 Å². The number of hydrogen-bond donors (Lipinski definition) is 2. The molecule has 106 valence electrons. The van der Waals surface area contributed by atoms with E-state index in [1.165, 1.54) is 12.8 Å². The van der Waals surface area contributed by atoms with E-state index in [0.29, 0.717) is 24.1 Å².